The third kappa shape index (κ3) is 2.60. The molecular weight excluding hydrogens is 214 g/mol. The molecule has 92 valence electrons. The van der Waals surface area contributed by atoms with Gasteiger partial charge in [0.25, 0.3) is 0 Å². The lowest BCUT2D eigenvalue weighted by Crippen LogP contribution is -2.34. The predicted molar refractivity (Wildman–Crippen MR) is 68.5 cm³/mol. The summed E-state index contributed by atoms with van der Waals surface area (Å²) in [7, 11) is 1.74. The van der Waals surface area contributed by atoms with Crippen molar-refractivity contribution >= 4 is 11.8 Å². The smallest absolute Gasteiger partial charge is 0.414 e. The number of rotatable bonds is 1. The Balaban J connectivity index is 2.11. The number of aryl methyl sites for hydroxylation is 2. The summed E-state index contributed by atoms with van der Waals surface area (Å²) in [5, 5.41) is 0. The van der Waals surface area contributed by atoms with Crippen LogP contribution in [0.25, 0.3) is 0 Å². The molecule has 2 rings (SSSR count). The molecule has 3 heteroatoms. The maximum Gasteiger partial charge on any atom is 0.414 e. The van der Waals surface area contributed by atoms with Gasteiger partial charge >= 0.3 is 6.09 Å². The van der Waals surface area contributed by atoms with Crippen LogP contribution in [0.4, 0.5) is 10.5 Å². The van der Waals surface area contributed by atoms with Gasteiger partial charge in [0.05, 0.1) is 0 Å². The Bertz CT molecular complexity index is 446. The van der Waals surface area contributed by atoms with Crippen molar-refractivity contribution in [3.05, 3.63) is 29.3 Å². The highest BCUT2D eigenvalue weighted by atomic mass is 16.6. The standard InChI is InChI=1S/C14H19NO2/c1-14(2,3)17-13(16)15(4)12-8-7-10-5-6-11(10)9-12/h7-9H,5-6H2,1-4H3. The van der Waals surface area contributed by atoms with Crippen LogP contribution in [0.2, 0.25) is 0 Å². The number of ether oxygens (including phenoxy) is 1. The fraction of sp³-hybridized carbons (Fsp3) is 0.500. The summed E-state index contributed by atoms with van der Waals surface area (Å²) in [6.45, 7) is 5.61. The SMILES string of the molecule is CN(C(=O)OC(C)(C)C)c1ccc2c(c1)CC2. The molecule has 0 aliphatic heterocycles. The second kappa shape index (κ2) is 4.06. The first kappa shape index (κ1) is 12.0. The van der Waals surface area contributed by atoms with Gasteiger partial charge in [0.15, 0.2) is 0 Å². The van der Waals surface area contributed by atoms with Crippen LogP contribution < -0.4 is 4.90 Å². The minimum atomic E-state index is -0.453. The summed E-state index contributed by atoms with van der Waals surface area (Å²) in [5.74, 6) is 0. The van der Waals surface area contributed by atoms with Gasteiger partial charge in [-0.25, -0.2) is 4.79 Å². The molecule has 0 unspecified atom stereocenters. The lowest BCUT2D eigenvalue weighted by atomic mass is 9.88. The summed E-state index contributed by atoms with van der Waals surface area (Å²) in [6, 6.07) is 6.14. The molecule has 1 amide bonds. The molecule has 1 aliphatic rings. The predicted octanol–water partition coefficient (Wildman–Crippen LogP) is 3.16. The average Bonchev–Trinajstić information content (AvgIpc) is 2.16. The second-order valence-electron chi connectivity index (χ2n) is 5.49. The van der Waals surface area contributed by atoms with Crippen molar-refractivity contribution in [2.24, 2.45) is 0 Å². The Labute approximate surface area is 102 Å². The number of fused-ring (bicyclic) bond motifs is 1. The molecular formula is C14H19NO2. The fourth-order valence-corrected chi connectivity index (χ4v) is 1.83. The zero-order chi connectivity index (χ0) is 12.6. The summed E-state index contributed by atoms with van der Waals surface area (Å²) < 4.78 is 5.33. The number of amides is 1. The van der Waals surface area contributed by atoms with E-state index in [9.17, 15) is 4.79 Å². The first-order valence-corrected chi connectivity index (χ1v) is 5.95. The Morgan fingerprint density at radius 2 is 1.88 bits per heavy atom. The first-order chi connectivity index (χ1) is 7.87. The summed E-state index contributed by atoms with van der Waals surface area (Å²) in [5.41, 5.74) is 3.19. The molecule has 0 spiro atoms. The third-order valence-electron chi connectivity index (χ3n) is 2.91. The Hall–Kier alpha value is -1.51. The Kier molecular flexibility index (Phi) is 2.86. The summed E-state index contributed by atoms with van der Waals surface area (Å²) in [4.78, 5) is 13.4. The number of carbonyl (C=O) groups excluding carboxylic acids is 1. The van der Waals surface area contributed by atoms with Gasteiger partial charge in [0, 0.05) is 12.7 Å². The van der Waals surface area contributed by atoms with E-state index in [0.717, 1.165) is 18.5 Å². The van der Waals surface area contributed by atoms with Crippen LogP contribution in [0.3, 0.4) is 0 Å². The molecule has 0 saturated heterocycles. The van der Waals surface area contributed by atoms with Gasteiger partial charge in [-0.2, -0.15) is 0 Å². The van der Waals surface area contributed by atoms with E-state index in [4.69, 9.17) is 4.74 Å². The van der Waals surface area contributed by atoms with E-state index in [-0.39, 0.29) is 6.09 Å². The van der Waals surface area contributed by atoms with Crippen LogP contribution in [-0.2, 0) is 17.6 Å². The molecule has 17 heavy (non-hydrogen) atoms. The number of hydrogen-bond donors (Lipinski definition) is 0. The molecule has 0 aromatic heterocycles. The minimum Gasteiger partial charge on any atom is -0.443 e. The molecule has 0 saturated carbocycles. The van der Waals surface area contributed by atoms with Crippen molar-refractivity contribution in [1.29, 1.82) is 0 Å². The van der Waals surface area contributed by atoms with Gasteiger partial charge in [0.1, 0.15) is 5.60 Å². The lowest BCUT2D eigenvalue weighted by molar-refractivity contribution is 0.0589. The van der Waals surface area contributed by atoms with Crippen LogP contribution >= 0.6 is 0 Å². The lowest BCUT2D eigenvalue weighted by Gasteiger charge is -2.26. The van der Waals surface area contributed by atoms with E-state index < -0.39 is 5.60 Å². The molecule has 0 atom stereocenters. The molecule has 3 nitrogen and oxygen atoms in total. The number of hydrogen-bond acceptors (Lipinski definition) is 2. The van der Waals surface area contributed by atoms with Crippen LogP contribution in [0.1, 0.15) is 31.9 Å². The van der Waals surface area contributed by atoms with Crippen LogP contribution in [0.5, 0.6) is 0 Å². The Morgan fingerprint density at radius 3 is 2.35 bits per heavy atom. The normalized spacial score (nSPS) is 13.6. The topological polar surface area (TPSA) is 29.5 Å². The van der Waals surface area contributed by atoms with E-state index in [1.807, 2.05) is 26.8 Å². The quantitative estimate of drug-likeness (QED) is 0.745. The van der Waals surface area contributed by atoms with Gasteiger partial charge in [0.2, 0.25) is 0 Å². The molecule has 0 bridgehead atoms. The molecule has 1 aromatic rings. The van der Waals surface area contributed by atoms with Crippen molar-refractivity contribution in [3.63, 3.8) is 0 Å². The van der Waals surface area contributed by atoms with Crippen molar-refractivity contribution in [2.75, 3.05) is 11.9 Å². The molecule has 0 radical (unpaired) electrons. The maximum atomic E-state index is 11.9. The van der Waals surface area contributed by atoms with Crippen molar-refractivity contribution in [2.45, 2.75) is 39.2 Å². The monoisotopic (exact) mass is 233 g/mol. The van der Waals surface area contributed by atoms with Crippen LogP contribution in [0, 0.1) is 0 Å². The van der Waals surface area contributed by atoms with E-state index in [1.165, 1.54) is 11.1 Å². The van der Waals surface area contributed by atoms with Gasteiger partial charge in [-0.15, -0.1) is 0 Å². The molecule has 1 aromatic carbocycles. The minimum absolute atomic E-state index is 0.309. The van der Waals surface area contributed by atoms with Crippen molar-refractivity contribution in [1.82, 2.24) is 0 Å². The van der Waals surface area contributed by atoms with Crippen LogP contribution in [-0.4, -0.2) is 18.7 Å². The highest BCUT2D eigenvalue weighted by Gasteiger charge is 2.22. The van der Waals surface area contributed by atoms with E-state index in [2.05, 4.69) is 12.1 Å². The van der Waals surface area contributed by atoms with Crippen molar-refractivity contribution in [3.8, 4) is 0 Å². The van der Waals surface area contributed by atoms with E-state index >= 15 is 0 Å². The third-order valence-corrected chi connectivity index (χ3v) is 2.91. The number of anilines is 1. The highest BCUT2D eigenvalue weighted by Crippen LogP contribution is 2.27. The molecule has 0 fully saturated rings. The summed E-state index contributed by atoms with van der Waals surface area (Å²) >= 11 is 0. The number of nitrogens with zero attached hydrogens (tertiary/aromatic N) is 1. The van der Waals surface area contributed by atoms with Gasteiger partial charge in [-0.1, -0.05) is 6.07 Å². The van der Waals surface area contributed by atoms with Gasteiger partial charge in [-0.05, 0) is 56.9 Å². The van der Waals surface area contributed by atoms with E-state index in [1.54, 1.807) is 11.9 Å². The first-order valence-electron chi connectivity index (χ1n) is 5.95. The van der Waals surface area contributed by atoms with E-state index in [0.29, 0.717) is 0 Å². The number of carbonyl (C=O) groups is 1. The molecule has 1 aliphatic carbocycles. The zero-order valence-corrected chi connectivity index (χ0v) is 10.9. The second-order valence-corrected chi connectivity index (χ2v) is 5.49. The number of benzene rings is 1. The molecule has 0 N–H and O–H groups in total. The maximum absolute atomic E-state index is 11.9. The van der Waals surface area contributed by atoms with Crippen molar-refractivity contribution < 1.29 is 9.53 Å². The van der Waals surface area contributed by atoms with Crippen LogP contribution in [0.15, 0.2) is 18.2 Å². The highest BCUT2D eigenvalue weighted by molar-refractivity contribution is 5.87. The summed E-state index contributed by atoms with van der Waals surface area (Å²) in [6.07, 6.45) is 1.97. The largest absolute Gasteiger partial charge is 0.443 e. The molecule has 0 heterocycles. The van der Waals surface area contributed by atoms with Gasteiger partial charge < -0.3 is 4.74 Å². The Morgan fingerprint density at radius 1 is 1.24 bits per heavy atom. The zero-order valence-electron chi connectivity index (χ0n) is 10.9. The van der Waals surface area contributed by atoms with Gasteiger partial charge in [-0.3, -0.25) is 4.90 Å². The average molecular weight is 233 g/mol. The fourth-order valence-electron chi connectivity index (χ4n) is 1.83.